The van der Waals surface area contributed by atoms with E-state index in [2.05, 4.69) is 10.3 Å². The Morgan fingerprint density at radius 3 is 2.34 bits per heavy atom. The Morgan fingerprint density at radius 1 is 1.00 bits per heavy atom. The van der Waals surface area contributed by atoms with Gasteiger partial charge in [-0.1, -0.05) is 36.7 Å². The third kappa shape index (κ3) is 5.56. The number of pyridine rings is 1. The molecule has 1 heterocycles. The topological polar surface area (TPSA) is 77.5 Å². The van der Waals surface area contributed by atoms with Crippen molar-refractivity contribution in [3.05, 3.63) is 83.6 Å². The summed E-state index contributed by atoms with van der Waals surface area (Å²) in [5.41, 5.74) is 0.673. The maximum Gasteiger partial charge on any atom is 0.342 e. The molecule has 7 heteroatoms. The lowest BCUT2D eigenvalue weighted by atomic mass is 10.2. The molecular formula is C22H19ClN2O4. The van der Waals surface area contributed by atoms with Crippen LogP contribution in [0.2, 0.25) is 5.15 Å². The fourth-order valence-corrected chi connectivity index (χ4v) is 2.70. The van der Waals surface area contributed by atoms with Crippen molar-refractivity contribution in [1.29, 1.82) is 0 Å². The van der Waals surface area contributed by atoms with Crippen LogP contribution in [-0.2, 0) is 9.53 Å². The molecule has 148 valence electrons. The predicted molar refractivity (Wildman–Crippen MR) is 110 cm³/mol. The number of carbonyl (C=O) groups excluding carboxylic acids is 2. The zero-order chi connectivity index (χ0) is 20.6. The van der Waals surface area contributed by atoms with Crippen LogP contribution in [0.4, 0.5) is 5.69 Å². The van der Waals surface area contributed by atoms with Crippen LogP contribution < -0.4 is 10.1 Å². The van der Waals surface area contributed by atoms with Gasteiger partial charge in [0.2, 0.25) is 0 Å². The van der Waals surface area contributed by atoms with Crippen molar-refractivity contribution in [3.63, 3.8) is 0 Å². The molecule has 3 aromatic rings. The lowest BCUT2D eigenvalue weighted by Gasteiger charge is -2.16. The van der Waals surface area contributed by atoms with Gasteiger partial charge in [-0.05, 0) is 55.0 Å². The molecular weight excluding hydrogens is 392 g/mol. The van der Waals surface area contributed by atoms with Crippen LogP contribution >= 0.6 is 11.6 Å². The number of benzene rings is 2. The summed E-state index contributed by atoms with van der Waals surface area (Å²) in [6.07, 6.45) is 0.817. The largest absolute Gasteiger partial charge is 0.457 e. The molecule has 1 N–H and O–H groups in total. The Morgan fingerprint density at radius 2 is 1.69 bits per heavy atom. The summed E-state index contributed by atoms with van der Waals surface area (Å²) in [4.78, 5) is 28.6. The number of hydrogen-bond donors (Lipinski definition) is 1. The normalized spacial score (nSPS) is 11.4. The number of amides is 1. The van der Waals surface area contributed by atoms with E-state index in [0.29, 0.717) is 17.9 Å². The molecule has 6 nitrogen and oxygen atoms in total. The van der Waals surface area contributed by atoms with Gasteiger partial charge in [0, 0.05) is 11.9 Å². The standard InChI is InChI=1S/C22H19ClN2O4/c1-2-19(29-22(27)18-9-6-14-24-20(18)23)21(26)25-15-10-12-17(13-11-15)28-16-7-4-3-5-8-16/h3-14,19H,2H2,1H3,(H,25,26). The zero-order valence-electron chi connectivity index (χ0n) is 15.7. The number of esters is 1. The molecule has 1 unspecified atom stereocenters. The number of rotatable bonds is 7. The monoisotopic (exact) mass is 410 g/mol. The van der Waals surface area contributed by atoms with Gasteiger partial charge in [-0.3, -0.25) is 4.79 Å². The van der Waals surface area contributed by atoms with Gasteiger partial charge >= 0.3 is 5.97 Å². The highest BCUT2D eigenvalue weighted by Crippen LogP contribution is 2.23. The molecule has 0 saturated heterocycles. The van der Waals surface area contributed by atoms with Crippen LogP contribution in [-0.4, -0.2) is 23.0 Å². The highest BCUT2D eigenvalue weighted by atomic mass is 35.5. The average Bonchev–Trinajstić information content (AvgIpc) is 2.74. The number of aromatic nitrogens is 1. The highest BCUT2D eigenvalue weighted by Gasteiger charge is 2.23. The van der Waals surface area contributed by atoms with E-state index >= 15 is 0 Å². The lowest BCUT2D eigenvalue weighted by Crippen LogP contribution is -2.32. The van der Waals surface area contributed by atoms with Gasteiger partial charge in [0.05, 0.1) is 5.56 Å². The van der Waals surface area contributed by atoms with Crippen LogP contribution in [0.25, 0.3) is 0 Å². The van der Waals surface area contributed by atoms with Gasteiger partial charge in [0.25, 0.3) is 5.91 Å². The van der Waals surface area contributed by atoms with Crippen molar-refractivity contribution >= 4 is 29.2 Å². The minimum Gasteiger partial charge on any atom is -0.457 e. The fourth-order valence-electron chi connectivity index (χ4n) is 2.51. The first kappa shape index (κ1) is 20.4. The van der Waals surface area contributed by atoms with Gasteiger partial charge in [-0.2, -0.15) is 0 Å². The second-order valence-corrected chi connectivity index (χ2v) is 6.43. The average molecular weight is 411 g/mol. The van der Waals surface area contributed by atoms with Crippen LogP contribution in [0.15, 0.2) is 72.9 Å². The van der Waals surface area contributed by atoms with E-state index in [0.717, 1.165) is 5.75 Å². The molecule has 0 aliphatic heterocycles. The maximum absolute atomic E-state index is 12.5. The number of halogens is 1. The molecule has 29 heavy (non-hydrogen) atoms. The molecule has 3 rings (SSSR count). The number of nitrogens with zero attached hydrogens (tertiary/aromatic N) is 1. The third-order valence-corrected chi connectivity index (χ3v) is 4.29. The molecule has 0 radical (unpaired) electrons. The first-order valence-corrected chi connectivity index (χ1v) is 9.40. The second-order valence-electron chi connectivity index (χ2n) is 6.07. The minimum atomic E-state index is -0.959. The SMILES string of the molecule is CCC(OC(=O)c1cccnc1Cl)C(=O)Nc1ccc(Oc2ccccc2)cc1. The predicted octanol–water partition coefficient (Wildman–Crippen LogP) is 5.10. The molecule has 0 spiro atoms. The highest BCUT2D eigenvalue weighted by molar-refractivity contribution is 6.32. The van der Waals surface area contributed by atoms with E-state index in [1.165, 1.54) is 12.3 Å². The fraction of sp³-hybridized carbons (Fsp3) is 0.136. The van der Waals surface area contributed by atoms with Gasteiger partial charge in [-0.25, -0.2) is 9.78 Å². The number of carbonyl (C=O) groups is 2. The van der Waals surface area contributed by atoms with Crippen LogP contribution in [0.1, 0.15) is 23.7 Å². The van der Waals surface area contributed by atoms with E-state index < -0.39 is 18.0 Å². The Hall–Kier alpha value is -3.38. The number of para-hydroxylation sites is 1. The Labute approximate surface area is 173 Å². The van der Waals surface area contributed by atoms with E-state index in [-0.39, 0.29) is 10.7 Å². The van der Waals surface area contributed by atoms with Gasteiger partial charge in [0.15, 0.2) is 6.10 Å². The molecule has 0 bridgehead atoms. The second kappa shape index (κ2) is 9.71. The maximum atomic E-state index is 12.5. The van der Waals surface area contributed by atoms with Crippen LogP contribution in [0.3, 0.4) is 0 Å². The number of ether oxygens (including phenoxy) is 2. The molecule has 0 aliphatic rings. The number of nitrogens with one attached hydrogen (secondary N) is 1. The molecule has 0 fully saturated rings. The summed E-state index contributed by atoms with van der Waals surface area (Å²) in [7, 11) is 0. The van der Waals surface area contributed by atoms with E-state index in [1.54, 1.807) is 37.3 Å². The molecule has 0 aliphatic carbocycles. The van der Waals surface area contributed by atoms with Crippen LogP contribution in [0, 0.1) is 0 Å². The summed E-state index contributed by atoms with van der Waals surface area (Å²) >= 11 is 5.90. The summed E-state index contributed by atoms with van der Waals surface area (Å²) < 4.78 is 11.0. The summed E-state index contributed by atoms with van der Waals surface area (Å²) in [6, 6.07) is 19.3. The van der Waals surface area contributed by atoms with Gasteiger partial charge < -0.3 is 14.8 Å². The third-order valence-electron chi connectivity index (χ3n) is 3.99. The zero-order valence-corrected chi connectivity index (χ0v) is 16.4. The molecule has 1 atom stereocenters. The molecule has 0 saturated carbocycles. The molecule has 1 amide bonds. The minimum absolute atomic E-state index is 0.0294. The van der Waals surface area contributed by atoms with Gasteiger partial charge in [0.1, 0.15) is 16.7 Å². The Bertz CT molecular complexity index is 978. The van der Waals surface area contributed by atoms with Crippen molar-refractivity contribution in [2.45, 2.75) is 19.4 Å². The molecule has 1 aromatic heterocycles. The Kier molecular flexibility index (Phi) is 6.81. The summed E-state index contributed by atoms with van der Waals surface area (Å²) in [5.74, 6) is 0.226. The molecule has 2 aromatic carbocycles. The lowest BCUT2D eigenvalue weighted by molar-refractivity contribution is -0.124. The van der Waals surface area contributed by atoms with Crippen molar-refractivity contribution in [3.8, 4) is 11.5 Å². The van der Waals surface area contributed by atoms with E-state index in [9.17, 15) is 9.59 Å². The van der Waals surface area contributed by atoms with Gasteiger partial charge in [-0.15, -0.1) is 0 Å². The summed E-state index contributed by atoms with van der Waals surface area (Å²) in [6.45, 7) is 1.75. The van der Waals surface area contributed by atoms with Crippen molar-refractivity contribution in [2.24, 2.45) is 0 Å². The smallest absolute Gasteiger partial charge is 0.342 e. The quantitative estimate of drug-likeness (QED) is 0.433. The summed E-state index contributed by atoms with van der Waals surface area (Å²) in [5, 5.41) is 2.76. The number of anilines is 1. The van der Waals surface area contributed by atoms with Crippen molar-refractivity contribution < 1.29 is 19.1 Å². The van der Waals surface area contributed by atoms with Crippen molar-refractivity contribution in [2.75, 3.05) is 5.32 Å². The van der Waals surface area contributed by atoms with Crippen LogP contribution in [0.5, 0.6) is 11.5 Å². The Balaban J connectivity index is 1.60. The first-order valence-electron chi connectivity index (χ1n) is 9.02. The van der Waals surface area contributed by atoms with E-state index in [1.807, 2.05) is 30.3 Å². The first-order chi connectivity index (χ1) is 14.1. The number of hydrogen-bond acceptors (Lipinski definition) is 5. The van der Waals surface area contributed by atoms with E-state index in [4.69, 9.17) is 21.1 Å². The van der Waals surface area contributed by atoms with Crippen molar-refractivity contribution in [1.82, 2.24) is 4.98 Å².